The molecule has 0 saturated carbocycles. The molecule has 0 spiro atoms. The molecule has 5 nitrogen and oxygen atoms in total. The van der Waals surface area contributed by atoms with Crippen LogP contribution in [0.5, 0.6) is 0 Å². The van der Waals surface area contributed by atoms with Gasteiger partial charge in [0.15, 0.2) is 0 Å². The first-order valence-electron chi connectivity index (χ1n) is 6.23. The van der Waals surface area contributed by atoms with E-state index >= 15 is 0 Å². The van der Waals surface area contributed by atoms with Crippen molar-refractivity contribution in [1.29, 1.82) is 0 Å². The highest BCUT2D eigenvalue weighted by Gasteiger charge is 2.21. The van der Waals surface area contributed by atoms with E-state index in [0.29, 0.717) is 6.54 Å². The first kappa shape index (κ1) is 17.8. The molecule has 1 N–H and O–H groups in total. The first-order chi connectivity index (χ1) is 8.65. The summed E-state index contributed by atoms with van der Waals surface area (Å²) in [7, 11) is 0. The highest BCUT2D eigenvalue weighted by atomic mass is 35.5. The average molecular weight is 291 g/mol. The van der Waals surface area contributed by atoms with E-state index in [1.54, 1.807) is 20.8 Å². The van der Waals surface area contributed by atoms with Crippen LogP contribution in [0.3, 0.4) is 0 Å². The molecule has 1 unspecified atom stereocenters. The van der Waals surface area contributed by atoms with E-state index in [4.69, 9.17) is 16.3 Å². The van der Waals surface area contributed by atoms with Gasteiger partial charge < -0.3 is 4.74 Å². The van der Waals surface area contributed by atoms with Gasteiger partial charge in [0, 0.05) is 6.54 Å². The summed E-state index contributed by atoms with van der Waals surface area (Å²) in [6, 6.07) is 0. The number of hydrogen-bond donors (Lipinski definition) is 1. The SMILES string of the molecule is C=CCCC(C)CN(NC(=O)OC(C)(C)C)C(=O)Cl. The van der Waals surface area contributed by atoms with Crippen molar-refractivity contribution in [3.63, 3.8) is 0 Å². The third kappa shape index (κ3) is 9.36. The van der Waals surface area contributed by atoms with Crippen molar-refractivity contribution < 1.29 is 14.3 Å². The van der Waals surface area contributed by atoms with E-state index in [1.807, 2.05) is 13.0 Å². The van der Waals surface area contributed by atoms with Crippen LogP contribution in [-0.2, 0) is 4.74 Å². The highest BCUT2D eigenvalue weighted by molar-refractivity contribution is 6.62. The van der Waals surface area contributed by atoms with Gasteiger partial charge in [-0.25, -0.2) is 15.2 Å². The summed E-state index contributed by atoms with van der Waals surface area (Å²) in [5.74, 6) is 0.190. The summed E-state index contributed by atoms with van der Waals surface area (Å²) >= 11 is 5.43. The Labute approximate surface area is 119 Å². The van der Waals surface area contributed by atoms with Crippen LogP contribution in [0.1, 0.15) is 40.5 Å². The van der Waals surface area contributed by atoms with Crippen LogP contribution in [0.25, 0.3) is 0 Å². The van der Waals surface area contributed by atoms with Gasteiger partial charge in [0.2, 0.25) is 0 Å². The van der Waals surface area contributed by atoms with E-state index in [1.165, 1.54) is 0 Å². The van der Waals surface area contributed by atoms with Gasteiger partial charge in [-0.05, 0) is 51.1 Å². The maximum atomic E-state index is 11.6. The summed E-state index contributed by atoms with van der Waals surface area (Å²) in [6.07, 6.45) is 2.82. The summed E-state index contributed by atoms with van der Waals surface area (Å²) < 4.78 is 5.06. The molecular weight excluding hydrogens is 268 g/mol. The molecule has 0 heterocycles. The molecule has 0 radical (unpaired) electrons. The minimum absolute atomic E-state index is 0.190. The number of amides is 2. The fourth-order valence-corrected chi connectivity index (χ4v) is 1.49. The van der Waals surface area contributed by atoms with Crippen molar-refractivity contribution in [1.82, 2.24) is 10.4 Å². The maximum absolute atomic E-state index is 11.6. The lowest BCUT2D eigenvalue weighted by molar-refractivity contribution is 0.0379. The Balaban J connectivity index is 4.37. The number of ether oxygens (including phenoxy) is 1. The summed E-state index contributed by atoms with van der Waals surface area (Å²) in [6.45, 7) is 11.2. The van der Waals surface area contributed by atoms with Gasteiger partial charge in [0.25, 0.3) is 0 Å². The van der Waals surface area contributed by atoms with Crippen LogP contribution in [0, 0.1) is 5.92 Å². The molecule has 2 amide bonds. The maximum Gasteiger partial charge on any atom is 0.426 e. The van der Waals surface area contributed by atoms with E-state index in [2.05, 4.69) is 12.0 Å². The number of hydrazine groups is 1. The first-order valence-corrected chi connectivity index (χ1v) is 6.61. The van der Waals surface area contributed by atoms with Gasteiger partial charge in [-0.1, -0.05) is 13.0 Å². The van der Waals surface area contributed by atoms with Crippen LogP contribution < -0.4 is 5.43 Å². The average Bonchev–Trinajstić information content (AvgIpc) is 2.22. The number of rotatable bonds is 5. The molecule has 19 heavy (non-hydrogen) atoms. The van der Waals surface area contributed by atoms with Crippen molar-refractivity contribution in [2.24, 2.45) is 5.92 Å². The quantitative estimate of drug-likeness (QED) is 0.363. The Morgan fingerprint density at radius 1 is 1.47 bits per heavy atom. The second-order valence-corrected chi connectivity index (χ2v) is 5.77. The number of carbonyl (C=O) groups excluding carboxylic acids is 2. The number of hydrogen-bond acceptors (Lipinski definition) is 3. The molecule has 0 aliphatic heterocycles. The van der Waals surface area contributed by atoms with Gasteiger partial charge in [0.1, 0.15) is 5.60 Å². The van der Waals surface area contributed by atoms with Gasteiger partial charge >= 0.3 is 11.5 Å². The smallest absolute Gasteiger partial charge is 0.426 e. The number of nitrogens with one attached hydrogen (secondary N) is 1. The van der Waals surface area contributed by atoms with Crippen molar-refractivity contribution in [2.75, 3.05) is 6.54 Å². The van der Waals surface area contributed by atoms with Crippen LogP contribution in [0.4, 0.5) is 9.59 Å². The monoisotopic (exact) mass is 290 g/mol. The number of nitrogens with zero attached hydrogens (tertiary/aromatic N) is 1. The van der Waals surface area contributed by atoms with E-state index in [0.717, 1.165) is 17.9 Å². The Kier molecular flexibility index (Phi) is 7.52. The van der Waals surface area contributed by atoms with Crippen molar-refractivity contribution in [3.8, 4) is 0 Å². The Hall–Kier alpha value is -1.23. The lowest BCUT2D eigenvalue weighted by Gasteiger charge is -2.26. The predicted octanol–water partition coefficient (Wildman–Crippen LogP) is 3.69. The van der Waals surface area contributed by atoms with E-state index in [-0.39, 0.29) is 5.92 Å². The van der Waals surface area contributed by atoms with Crippen LogP contribution in [0.2, 0.25) is 0 Å². The lowest BCUT2D eigenvalue weighted by Crippen LogP contribution is -2.47. The largest absolute Gasteiger partial charge is 0.443 e. The van der Waals surface area contributed by atoms with Gasteiger partial charge in [-0.3, -0.25) is 4.79 Å². The Bertz CT molecular complexity index is 326. The van der Waals surface area contributed by atoms with Crippen molar-refractivity contribution in [3.05, 3.63) is 12.7 Å². The predicted molar refractivity (Wildman–Crippen MR) is 75.9 cm³/mol. The topological polar surface area (TPSA) is 58.6 Å². The number of allylic oxidation sites excluding steroid dienone is 1. The zero-order chi connectivity index (χ0) is 15.1. The minimum atomic E-state index is -0.740. The van der Waals surface area contributed by atoms with Crippen molar-refractivity contribution >= 4 is 23.1 Å². The van der Waals surface area contributed by atoms with Crippen LogP contribution in [-0.4, -0.2) is 28.6 Å². The fourth-order valence-electron chi connectivity index (χ4n) is 1.38. The second-order valence-electron chi connectivity index (χ2n) is 5.45. The molecule has 0 aliphatic carbocycles. The van der Waals surface area contributed by atoms with Crippen molar-refractivity contribution in [2.45, 2.75) is 46.1 Å². The van der Waals surface area contributed by atoms with Crippen LogP contribution in [0.15, 0.2) is 12.7 Å². The molecule has 6 heteroatoms. The van der Waals surface area contributed by atoms with Gasteiger partial charge in [-0.2, -0.15) is 0 Å². The van der Waals surface area contributed by atoms with E-state index < -0.39 is 17.1 Å². The summed E-state index contributed by atoms with van der Waals surface area (Å²) in [5, 5.41) is 0.319. The Morgan fingerprint density at radius 3 is 2.47 bits per heavy atom. The molecule has 110 valence electrons. The molecule has 0 saturated heterocycles. The van der Waals surface area contributed by atoms with Gasteiger partial charge in [-0.15, -0.1) is 6.58 Å². The number of carbonyl (C=O) groups is 2. The fraction of sp³-hybridized carbons (Fsp3) is 0.692. The standard InChI is InChI=1S/C13H23ClN2O3/c1-6-7-8-10(2)9-16(11(14)17)15-12(18)19-13(3,4)5/h6,10H,1,7-9H2,2-5H3,(H,15,18). The minimum Gasteiger partial charge on any atom is -0.443 e. The zero-order valence-corrected chi connectivity index (χ0v) is 12.8. The zero-order valence-electron chi connectivity index (χ0n) is 12.0. The third-order valence-electron chi connectivity index (χ3n) is 2.20. The third-order valence-corrected chi connectivity index (χ3v) is 2.40. The number of halogens is 1. The lowest BCUT2D eigenvalue weighted by atomic mass is 10.1. The molecular formula is C13H23ClN2O3. The molecule has 0 rings (SSSR count). The molecule has 0 aromatic heterocycles. The van der Waals surface area contributed by atoms with Crippen LogP contribution >= 0.6 is 11.6 Å². The van der Waals surface area contributed by atoms with E-state index in [9.17, 15) is 9.59 Å². The molecule has 0 aromatic carbocycles. The highest BCUT2D eigenvalue weighted by Crippen LogP contribution is 2.10. The molecule has 0 aromatic rings. The summed E-state index contributed by atoms with van der Waals surface area (Å²) in [5.41, 5.74) is 1.72. The molecule has 0 fully saturated rings. The molecule has 1 atom stereocenters. The second kappa shape index (κ2) is 8.04. The normalized spacial score (nSPS) is 12.5. The summed E-state index contributed by atoms with van der Waals surface area (Å²) in [4.78, 5) is 22.8. The Morgan fingerprint density at radius 2 is 2.05 bits per heavy atom. The van der Waals surface area contributed by atoms with Gasteiger partial charge in [0.05, 0.1) is 0 Å². The molecule has 0 bridgehead atoms. The molecule has 0 aliphatic rings.